The molecule has 1 amide bonds. The predicted octanol–water partition coefficient (Wildman–Crippen LogP) is 2.08. The molecule has 1 aromatic rings. The Kier molecular flexibility index (Phi) is 7.82. The molecule has 9 nitrogen and oxygen atoms in total. The van der Waals surface area contributed by atoms with Crippen molar-refractivity contribution in [1.29, 1.82) is 0 Å². The molecule has 0 fully saturated rings. The summed E-state index contributed by atoms with van der Waals surface area (Å²) < 4.78 is 14.9. The fourth-order valence-corrected chi connectivity index (χ4v) is 1.86. The van der Waals surface area contributed by atoms with Gasteiger partial charge in [0.2, 0.25) is 5.75 Å². The van der Waals surface area contributed by atoms with Crippen molar-refractivity contribution in [3.05, 3.63) is 28.3 Å². The minimum atomic E-state index is -0.728. The largest absolute Gasteiger partial charge is 0.490 e. The standard InChI is InChI=1S/C17H24N2O7/c1-17(2,3)7-8-18-15(20)10-26-16(21)11-25-12-5-6-13(19(22)23)14(9-12)24-4/h5-6,9H,7-8,10-11H2,1-4H3,(H,18,20). The maximum atomic E-state index is 11.6. The number of methoxy groups -OCH3 is 1. The lowest BCUT2D eigenvalue weighted by atomic mass is 9.92. The third kappa shape index (κ3) is 7.82. The van der Waals surface area contributed by atoms with Gasteiger partial charge in [-0.05, 0) is 17.9 Å². The first kappa shape index (κ1) is 21.2. The van der Waals surface area contributed by atoms with E-state index in [0.29, 0.717) is 6.54 Å². The van der Waals surface area contributed by atoms with Crippen LogP contribution < -0.4 is 14.8 Å². The molecule has 1 rings (SSSR count). The number of hydrogen-bond acceptors (Lipinski definition) is 7. The Labute approximate surface area is 151 Å². The summed E-state index contributed by atoms with van der Waals surface area (Å²) >= 11 is 0. The summed E-state index contributed by atoms with van der Waals surface area (Å²) in [6, 6.07) is 3.85. The molecular formula is C17H24N2O7. The van der Waals surface area contributed by atoms with Crippen molar-refractivity contribution in [1.82, 2.24) is 5.32 Å². The van der Waals surface area contributed by atoms with Gasteiger partial charge in [-0.25, -0.2) is 4.79 Å². The van der Waals surface area contributed by atoms with E-state index >= 15 is 0 Å². The van der Waals surface area contributed by atoms with E-state index in [0.717, 1.165) is 6.42 Å². The van der Waals surface area contributed by atoms with Crippen molar-refractivity contribution in [3.8, 4) is 11.5 Å². The van der Waals surface area contributed by atoms with Crippen molar-refractivity contribution in [2.75, 3.05) is 26.9 Å². The number of nitro benzene ring substituents is 1. The zero-order valence-electron chi connectivity index (χ0n) is 15.4. The minimum Gasteiger partial charge on any atom is -0.490 e. The number of amides is 1. The molecule has 0 saturated carbocycles. The molecule has 0 saturated heterocycles. The second-order valence-corrected chi connectivity index (χ2v) is 6.70. The van der Waals surface area contributed by atoms with Crippen molar-refractivity contribution in [2.24, 2.45) is 5.41 Å². The van der Waals surface area contributed by atoms with Gasteiger partial charge >= 0.3 is 11.7 Å². The maximum absolute atomic E-state index is 11.6. The molecule has 0 aliphatic carbocycles. The van der Waals surface area contributed by atoms with Crippen LogP contribution in [0.4, 0.5) is 5.69 Å². The van der Waals surface area contributed by atoms with Crippen LogP contribution in [0.15, 0.2) is 18.2 Å². The number of carbonyl (C=O) groups excluding carboxylic acids is 2. The Balaban J connectivity index is 2.38. The topological polar surface area (TPSA) is 117 Å². The number of hydrogen-bond donors (Lipinski definition) is 1. The molecule has 26 heavy (non-hydrogen) atoms. The highest BCUT2D eigenvalue weighted by Crippen LogP contribution is 2.30. The van der Waals surface area contributed by atoms with Crippen LogP contribution in [0.25, 0.3) is 0 Å². The van der Waals surface area contributed by atoms with Gasteiger partial charge in [0.1, 0.15) is 5.75 Å². The molecule has 0 heterocycles. The van der Waals surface area contributed by atoms with Gasteiger partial charge in [-0.2, -0.15) is 0 Å². The third-order valence-corrected chi connectivity index (χ3v) is 3.27. The van der Waals surface area contributed by atoms with Crippen LogP contribution in [0, 0.1) is 15.5 Å². The van der Waals surface area contributed by atoms with Gasteiger partial charge in [0.15, 0.2) is 13.2 Å². The predicted molar refractivity (Wildman–Crippen MR) is 93.2 cm³/mol. The second kappa shape index (κ2) is 9.59. The number of carbonyl (C=O) groups is 2. The van der Waals surface area contributed by atoms with Crippen LogP contribution in [0.5, 0.6) is 11.5 Å². The van der Waals surface area contributed by atoms with E-state index in [2.05, 4.69) is 26.1 Å². The van der Waals surface area contributed by atoms with Crippen LogP contribution in [-0.4, -0.2) is 43.7 Å². The molecule has 1 N–H and O–H groups in total. The number of nitrogens with zero attached hydrogens (tertiary/aromatic N) is 1. The van der Waals surface area contributed by atoms with Gasteiger partial charge < -0.3 is 19.5 Å². The smallest absolute Gasteiger partial charge is 0.344 e. The van der Waals surface area contributed by atoms with Crippen molar-refractivity contribution in [3.63, 3.8) is 0 Å². The fourth-order valence-electron chi connectivity index (χ4n) is 1.86. The van der Waals surface area contributed by atoms with Gasteiger partial charge in [0.05, 0.1) is 12.0 Å². The second-order valence-electron chi connectivity index (χ2n) is 6.70. The first-order chi connectivity index (χ1) is 12.1. The number of nitrogens with one attached hydrogen (secondary N) is 1. The van der Waals surface area contributed by atoms with Gasteiger partial charge in [-0.3, -0.25) is 14.9 Å². The van der Waals surface area contributed by atoms with Gasteiger partial charge in [0.25, 0.3) is 5.91 Å². The lowest BCUT2D eigenvalue weighted by molar-refractivity contribution is -0.385. The van der Waals surface area contributed by atoms with Gasteiger partial charge in [-0.15, -0.1) is 0 Å². The Hall–Kier alpha value is -2.84. The molecule has 0 atom stereocenters. The monoisotopic (exact) mass is 368 g/mol. The number of nitro groups is 1. The average molecular weight is 368 g/mol. The molecule has 0 radical (unpaired) electrons. The molecule has 0 bridgehead atoms. The number of rotatable bonds is 9. The van der Waals surface area contributed by atoms with Gasteiger partial charge in [0, 0.05) is 18.7 Å². The molecule has 0 aliphatic rings. The summed E-state index contributed by atoms with van der Waals surface area (Å²) in [7, 11) is 1.29. The van der Waals surface area contributed by atoms with Gasteiger partial charge in [-0.1, -0.05) is 20.8 Å². The Morgan fingerprint density at radius 1 is 1.23 bits per heavy atom. The molecule has 1 aromatic carbocycles. The Morgan fingerprint density at radius 2 is 1.92 bits per heavy atom. The molecular weight excluding hydrogens is 344 g/mol. The van der Waals surface area contributed by atoms with E-state index in [-0.39, 0.29) is 28.5 Å². The normalized spacial score (nSPS) is 10.8. The summed E-state index contributed by atoms with van der Waals surface area (Å²) in [6.07, 6.45) is 0.803. The molecule has 9 heteroatoms. The van der Waals surface area contributed by atoms with E-state index in [1.54, 1.807) is 0 Å². The molecule has 0 aromatic heterocycles. The first-order valence-corrected chi connectivity index (χ1v) is 8.00. The first-order valence-electron chi connectivity index (χ1n) is 8.00. The quantitative estimate of drug-likeness (QED) is 0.403. The Bertz CT molecular complexity index is 653. The zero-order chi connectivity index (χ0) is 19.7. The molecule has 0 unspecified atom stereocenters. The number of esters is 1. The highest BCUT2D eigenvalue weighted by atomic mass is 16.6. The van der Waals surface area contributed by atoms with Crippen molar-refractivity contribution < 1.29 is 28.7 Å². The number of benzene rings is 1. The number of ether oxygens (including phenoxy) is 3. The van der Waals surface area contributed by atoms with Crippen molar-refractivity contribution in [2.45, 2.75) is 27.2 Å². The van der Waals surface area contributed by atoms with Crippen molar-refractivity contribution >= 4 is 17.6 Å². The Morgan fingerprint density at radius 3 is 2.50 bits per heavy atom. The molecule has 144 valence electrons. The summed E-state index contributed by atoms with van der Waals surface area (Å²) in [6.45, 7) is 5.85. The van der Waals surface area contributed by atoms with Crippen LogP contribution in [-0.2, 0) is 14.3 Å². The third-order valence-electron chi connectivity index (χ3n) is 3.27. The van der Waals surface area contributed by atoms with E-state index in [4.69, 9.17) is 14.2 Å². The van der Waals surface area contributed by atoms with Crippen LogP contribution in [0.3, 0.4) is 0 Å². The minimum absolute atomic E-state index is 0.0130. The molecule has 0 spiro atoms. The SMILES string of the molecule is COc1cc(OCC(=O)OCC(=O)NCCC(C)(C)C)ccc1[N+](=O)[O-]. The highest BCUT2D eigenvalue weighted by Gasteiger charge is 2.16. The van der Waals surface area contributed by atoms with E-state index in [9.17, 15) is 19.7 Å². The summed E-state index contributed by atoms with van der Waals surface area (Å²) in [5, 5.41) is 13.5. The average Bonchev–Trinajstić information content (AvgIpc) is 2.56. The zero-order valence-corrected chi connectivity index (χ0v) is 15.4. The van der Waals surface area contributed by atoms with Crippen LogP contribution in [0.1, 0.15) is 27.2 Å². The summed E-state index contributed by atoms with van der Waals surface area (Å²) in [5.41, 5.74) is -0.113. The van der Waals surface area contributed by atoms with E-state index in [1.165, 1.54) is 25.3 Å². The summed E-state index contributed by atoms with van der Waals surface area (Å²) in [4.78, 5) is 33.4. The fraction of sp³-hybridized carbons (Fsp3) is 0.529. The van der Waals surface area contributed by atoms with E-state index < -0.39 is 24.1 Å². The lowest BCUT2D eigenvalue weighted by Gasteiger charge is -2.17. The maximum Gasteiger partial charge on any atom is 0.344 e. The summed E-state index contributed by atoms with van der Waals surface area (Å²) in [5.74, 6) is -0.897. The van der Waals surface area contributed by atoms with E-state index in [1.807, 2.05) is 0 Å². The molecule has 0 aliphatic heterocycles. The highest BCUT2D eigenvalue weighted by molar-refractivity contribution is 5.80. The van der Waals surface area contributed by atoms with Crippen LogP contribution >= 0.6 is 0 Å². The van der Waals surface area contributed by atoms with Crippen LogP contribution in [0.2, 0.25) is 0 Å². The lowest BCUT2D eigenvalue weighted by Crippen LogP contribution is -2.32.